The number of benzene rings is 1. The maximum absolute atomic E-state index is 12.5. The maximum Gasteiger partial charge on any atom is 0.492 e. The van der Waals surface area contributed by atoms with Gasteiger partial charge in [-0.15, -0.1) is 0 Å². The molecule has 114 valence electrons. The minimum Gasteiger partial charge on any atom is -0.390 e. The summed E-state index contributed by atoms with van der Waals surface area (Å²) in [5.41, 5.74) is 0.0154. The average molecular weight is 308 g/mol. The van der Waals surface area contributed by atoms with Crippen molar-refractivity contribution in [3.8, 4) is 0 Å². The molecule has 0 aromatic heterocycles. The second kappa shape index (κ2) is 7.21. The summed E-state index contributed by atoms with van der Waals surface area (Å²) in [5, 5.41) is 0. The molecular formula is C13H19F3O3Si. The molecule has 0 aliphatic carbocycles. The SMILES string of the molecule is O[Si](O)(O)CCCCCCc1cccc(C(F)(F)F)c1. The van der Waals surface area contributed by atoms with E-state index in [2.05, 4.69) is 0 Å². The van der Waals surface area contributed by atoms with Gasteiger partial charge in [0, 0.05) is 6.04 Å². The third-order valence-electron chi connectivity index (χ3n) is 2.98. The quantitative estimate of drug-likeness (QED) is 0.536. The van der Waals surface area contributed by atoms with Gasteiger partial charge in [0.25, 0.3) is 0 Å². The molecule has 0 heterocycles. The normalized spacial score (nSPS) is 12.7. The Morgan fingerprint density at radius 2 is 1.60 bits per heavy atom. The first-order valence-electron chi connectivity index (χ1n) is 6.52. The third-order valence-corrected chi connectivity index (χ3v) is 4.01. The van der Waals surface area contributed by atoms with E-state index in [9.17, 15) is 13.2 Å². The second-order valence-corrected chi connectivity index (χ2v) is 6.94. The van der Waals surface area contributed by atoms with Crippen LogP contribution < -0.4 is 0 Å². The standard InChI is InChI=1S/C13H19F3O3Si/c14-13(15,16)12-8-5-7-11(10-12)6-3-1-2-4-9-20(17,18)19/h5,7-8,10,17-19H,1-4,6,9H2. The van der Waals surface area contributed by atoms with Crippen LogP contribution in [-0.2, 0) is 12.6 Å². The van der Waals surface area contributed by atoms with Gasteiger partial charge >= 0.3 is 15.0 Å². The first kappa shape index (κ1) is 17.2. The van der Waals surface area contributed by atoms with E-state index in [-0.39, 0.29) is 6.04 Å². The molecule has 7 heteroatoms. The van der Waals surface area contributed by atoms with Crippen LogP contribution in [0.15, 0.2) is 24.3 Å². The zero-order valence-corrected chi connectivity index (χ0v) is 12.0. The van der Waals surface area contributed by atoms with Gasteiger partial charge in [0.2, 0.25) is 0 Å². The zero-order chi connectivity index (χ0) is 15.2. The summed E-state index contributed by atoms with van der Waals surface area (Å²) >= 11 is 0. The van der Waals surface area contributed by atoms with Crippen LogP contribution in [0.2, 0.25) is 6.04 Å². The molecule has 0 unspecified atom stereocenters. The lowest BCUT2D eigenvalue weighted by atomic mass is 10.0. The van der Waals surface area contributed by atoms with Crippen molar-refractivity contribution in [1.29, 1.82) is 0 Å². The number of aryl methyl sites for hydroxylation is 1. The summed E-state index contributed by atoms with van der Waals surface area (Å²) in [6, 6.07) is 5.30. The fourth-order valence-electron chi connectivity index (χ4n) is 1.95. The lowest BCUT2D eigenvalue weighted by molar-refractivity contribution is -0.137. The summed E-state index contributed by atoms with van der Waals surface area (Å²) in [7, 11) is -3.93. The molecule has 0 radical (unpaired) electrons. The molecule has 1 aromatic rings. The largest absolute Gasteiger partial charge is 0.492 e. The first-order valence-corrected chi connectivity index (χ1v) is 8.56. The summed E-state index contributed by atoms with van der Waals surface area (Å²) < 4.78 is 37.5. The van der Waals surface area contributed by atoms with Crippen LogP contribution in [0.3, 0.4) is 0 Å². The predicted octanol–water partition coefficient (Wildman–Crippen LogP) is 2.72. The fourth-order valence-corrected chi connectivity index (χ4v) is 2.67. The van der Waals surface area contributed by atoms with Crippen LogP contribution in [0.5, 0.6) is 0 Å². The minimum atomic E-state index is -4.31. The van der Waals surface area contributed by atoms with Crippen LogP contribution in [0.25, 0.3) is 0 Å². The first-order chi connectivity index (χ1) is 9.18. The molecule has 3 N–H and O–H groups in total. The fraction of sp³-hybridized carbons (Fsp3) is 0.538. The van der Waals surface area contributed by atoms with Gasteiger partial charge in [-0.1, -0.05) is 31.0 Å². The second-order valence-electron chi connectivity index (χ2n) is 4.89. The van der Waals surface area contributed by atoms with Gasteiger partial charge < -0.3 is 14.4 Å². The molecular weight excluding hydrogens is 289 g/mol. The predicted molar refractivity (Wildman–Crippen MR) is 70.8 cm³/mol. The number of unbranched alkanes of at least 4 members (excludes halogenated alkanes) is 3. The smallest absolute Gasteiger partial charge is 0.390 e. The highest BCUT2D eigenvalue weighted by Gasteiger charge is 2.30. The van der Waals surface area contributed by atoms with Gasteiger partial charge in [0.1, 0.15) is 0 Å². The Kier molecular flexibility index (Phi) is 6.19. The Morgan fingerprint density at radius 3 is 2.20 bits per heavy atom. The lowest BCUT2D eigenvalue weighted by Gasteiger charge is -2.09. The topological polar surface area (TPSA) is 60.7 Å². The summed E-state index contributed by atoms with van der Waals surface area (Å²) in [6.07, 6.45) is -1.01. The summed E-state index contributed by atoms with van der Waals surface area (Å²) in [5.74, 6) is 0. The van der Waals surface area contributed by atoms with Crippen molar-refractivity contribution in [1.82, 2.24) is 0 Å². The van der Waals surface area contributed by atoms with Gasteiger partial charge in [0.15, 0.2) is 0 Å². The van der Waals surface area contributed by atoms with E-state index in [1.165, 1.54) is 6.07 Å². The third kappa shape index (κ3) is 7.04. The van der Waals surface area contributed by atoms with Crippen molar-refractivity contribution in [2.24, 2.45) is 0 Å². The van der Waals surface area contributed by atoms with E-state index in [4.69, 9.17) is 14.4 Å². The number of halogens is 3. The molecule has 0 fully saturated rings. The van der Waals surface area contributed by atoms with E-state index in [0.29, 0.717) is 18.4 Å². The molecule has 20 heavy (non-hydrogen) atoms. The summed E-state index contributed by atoms with van der Waals surface area (Å²) in [4.78, 5) is 26.4. The Labute approximate surface area is 117 Å². The molecule has 0 amide bonds. The average Bonchev–Trinajstić information content (AvgIpc) is 2.31. The van der Waals surface area contributed by atoms with Gasteiger partial charge in [0.05, 0.1) is 5.56 Å². The van der Waals surface area contributed by atoms with E-state index in [1.807, 2.05) is 0 Å². The van der Waals surface area contributed by atoms with Crippen LogP contribution in [0.1, 0.15) is 36.8 Å². The Balaban J connectivity index is 2.29. The lowest BCUT2D eigenvalue weighted by Crippen LogP contribution is -2.33. The summed E-state index contributed by atoms with van der Waals surface area (Å²) in [6.45, 7) is 0. The monoisotopic (exact) mass is 308 g/mol. The molecule has 0 aliphatic rings. The van der Waals surface area contributed by atoms with Crippen LogP contribution >= 0.6 is 0 Å². The zero-order valence-electron chi connectivity index (χ0n) is 11.0. The number of alkyl halides is 3. The van der Waals surface area contributed by atoms with Crippen LogP contribution in [0, 0.1) is 0 Å². The Hall–Kier alpha value is -0.893. The van der Waals surface area contributed by atoms with Gasteiger partial charge in [-0.05, 0) is 30.9 Å². The van der Waals surface area contributed by atoms with Crippen molar-refractivity contribution in [3.63, 3.8) is 0 Å². The maximum atomic E-state index is 12.5. The molecule has 0 bridgehead atoms. The van der Waals surface area contributed by atoms with Crippen molar-refractivity contribution in [2.45, 2.75) is 44.3 Å². The van der Waals surface area contributed by atoms with Gasteiger partial charge in [-0.3, -0.25) is 0 Å². The van der Waals surface area contributed by atoms with Crippen LogP contribution in [0.4, 0.5) is 13.2 Å². The molecule has 0 spiro atoms. The highest BCUT2D eigenvalue weighted by Crippen LogP contribution is 2.29. The molecule has 1 aromatic carbocycles. The van der Waals surface area contributed by atoms with E-state index < -0.39 is 20.5 Å². The highest BCUT2D eigenvalue weighted by molar-refractivity contribution is 6.56. The molecule has 1 rings (SSSR count). The number of hydrogen-bond acceptors (Lipinski definition) is 3. The van der Waals surface area contributed by atoms with E-state index >= 15 is 0 Å². The van der Waals surface area contributed by atoms with Crippen molar-refractivity contribution in [2.75, 3.05) is 0 Å². The molecule has 0 saturated heterocycles. The Morgan fingerprint density at radius 1 is 0.950 bits per heavy atom. The number of rotatable bonds is 7. The van der Waals surface area contributed by atoms with Crippen molar-refractivity contribution < 1.29 is 27.6 Å². The minimum absolute atomic E-state index is 0.0105. The van der Waals surface area contributed by atoms with Gasteiger partial charge in [-0.2, -0.15) is 13.2 Å². The number of hydrogen-bond donors (Lipinski definition) is 3. The molecule has 0 atom stereocenters. The Bertz CT molecular complexity index is 416. The van der Waals surface area contributed by atoms with E-state index in [0.717, 1.165) is 31.4 Å². The highest BCUT2D eigenvalue weighted by atomic mass is 28.4. The molecule has 0 saturated carbocycles. The van der Waals surface area contributed by atoms with Crippen molar-refractivity contribution in [3.05, 3.63) is 35.4 Å². The molecule has 3 nitrogen and oxygen atoms in total. The van der Waals surface area contributed by atoms with Gasteiger partial charge in [-0.25, -0.2) is 0 Å². The van der Waals surface area contributed by atoms with Crippen LogP contribution in [-0.4, -0.2) is 23.2 Å². The molecule has 0 aliphatic heterocycles. The van der Waals surface area contributed by atoms with E-state index in [1.54, 1.807) is 6.07 Å². The van der Waals surface area contributed by atoms with Crippen molar-refractivity contribution >= 4 is 8.80 Å².